The maximum atomic E-state index is 12.4. The predicted octanol–water partition coefficient (Wildman–Crippen LogP) is 1.58. The number of halogens is 1. The quantitative estimate of drug-likeness (QED) is 0.688. The molecule has 0 aliphatic rings. The van der Waals surface area contributed by atoms with Gasteiger partial charge in [0, 0.05) is 10.1 Å². The fourth-order valence-electron chi connectivity index (χ4n) is 1.70. The van der Waals surface area contributed by atoms with Gasteiger partial charge < -0.3 is 5.73 Å². The zero-order chi connectivity index (χ0) is 14.0. The molecule has 0 aliphatic heterocycles. The number of sulfonamides is 1. The fourth-order valence-corrected chi connectivity index (χ4v) is 3.87. The summed E-state index contributed by atoms with van der Waals surface area (Å²) in [6, 6.07) is 7.14. The number of aryl methyl sites for hydroxylation is 1. The van der Waals surface area contributed by atoms with Crippen molar-refractivity contribution in [1.82, 2.24) is 10.2 Å². The van der Waals surface area contributed by atoms with Crippen LogP contribution in [0.4, 0.5) is 5.69 Å². The van der Waals surface area contributed by atoms with Crippen molar-refractivity contribution in [2.45, 2.75) is 18.4 Å². The Kier molecular flexibility index (Phi) is 4.11. The molecule has 4 N–H and O–H groups in total. The van der Waals surface area contributed by atoms with Crippen molar-refractivity contribution >= 4 is 38.3 Å². The van der Waals surface area contributed by atoms with E-state index < -0.39 is 10.0 Å². The van der Waals surface area contributed by atoms with Crippen molar-refractivity contribution in [1.29, 1.82) is 0 Å². The molecule has 6 nitrogen and oxygen atoms in total. The molecule has 1 aromatic heterocycles. The van der Waals surface area contributed by atoms with E-state index in [2.05, 4.69) is 37.5 Å². The molecular weight excluding hydrogens is 379 g/mol. The van der Waals surface area contributed by atoms with E-state index in [0.717, 1.165) is 3.57 Å². The maximum Gasteiger partial charge on any atom is 0.265 e. The molecule has 0 bridgehead atoms. The molecule has 2 aromatic rings. The van der Waals surface area contributed by atoms with Gasteiger partial charge in [0.25, 0.3) is 10.0 Å². The molecule has 0 spiro atoms. The Balaban J connectivity index is 2.44. The molecule has 1 aromatic carbocycles. The van der Waals surface area contributed by atoms with Gasteiger partial charge in [-0.05, 0) is 41.6 Å². The first kappa shape index (κ1) is 14.3. The number of hydrogen-bond acceptors (Lipinski definition) is 4. The van der Waals surface area contributed by atoms with Crippen molar-refractivity contribution in [2.75, 3.05) is 4.72 Å². The summed E-state index contributed by atoms with van der Waals surface area (Å²) in [4.78, 5) is 0.120. The number of nitrogens with two attached hydrogens (primary N) is 1. The van der Waals surface area contributed by atoms with Crippen LogP contribution in [0, 0.1) is 10.5 Å². The first-order valence-electron chi connectivity index (χ1n) is 5.47. The first-order valence-corrected chi connectivity index (χ1v) is 8.03. The standard InChI is InChI=1S/C11H13IN4O2S/c1-7-11(10(6-13)15-14-7)19(17,18)16-9-5-3-2-4-8(9)12/h2-5,16H,6,13H2,1H3,(H,14,15). The van der Waals surface area contributed by atoms with Crippen LogP contribution in [-0.2, 0) is 16.6 Å². The Morgan fingerprint density at radius 3 is 2.74 bits per heavy atom. The molecule has 0 aliphatic carbocycles. The fraction of sp³-hybridized carbons (Fsp3) is 0.182. The van der Waals surface area contributed by atoms with Crippen LogP contribution in [0.1, 0.15) is 11.4 Å². The largest absolute Gasteiger partial charge is 0.325 e. The van der Waals surface area contributed by atoms with Crippen molar-refractivity contribution in [2.24, 2.45) is 5.73 Å². The topological polar surface area (TPSA) is 101 Å². The highest BCUT2D eigenvalue weighted by Gasteiger charge is 2.24. The SMILES string of the molecule is Cc1[nH]nc(CN)c1S(=O)(=O)Nc1ccccc1I. The molecule has 0 amide bonds. The summed E-state index contributed by atoms with van der Waals surface area (Å²) in [6.07, 6.45) is 0. The van der Waals surface area contributed by atoms with Gasteiger partial charge >= 0.3 is 0 Å². The number of aromatic amines is 1. The van der Waals surface area contributed by atoms with Crippen LogP contribution in [0.2, 0.25) is 0 Å². The number of nitrogens with one attached hydrogen (secondary N) is 2. The molecule has 0 saturated carbocycles. The number of aromatic nitrogens is 2. The average molecular weight is 392 g/mol. The minimum absolute atomic E-state index is 0.0620. The Hall–Kier alpha value is -1.13. The number of hydrogen-bond donors (Lipinski definition) is 3. The van der Waals surface area contributed by atoms with Gasteiger partial charge in [-0.15, -0.1) is 0 Å². The van der Waals surface area contributed by atoms with Gasteiger partial charge in [-0.25, -0.2) is 8.42 Å². The molecule has 0 atom stereocenters. The smallest absolute Gasteiger partial charge is 0.265 e. The van der Waals surface area contributed by atoms with Crippen LogP contribution in [0.5, 0.6) is 0 Å². The van der Waals surface area contributed by atoms with Gasteiger partial charge in [0.2, 0.25) is 0 Å². The summed E-state index contributed by atoms with van der Waals surface area (Å²) in [6.45, 7) is 1.71. The van der Waals surface area contributed by atoms with E-state index in [-0.39, 0.29) is 11.4 Å². The molecule has 19 heavy (non-hydrogen) atoms. The lowest BCUT2D eigenvalue weighted by molar-refractivity contribution is 0.599. The summed E-state index contributed by atoms with van der Waals surface area (Å²) in [5, 5.41) is 6.54. The molecular formula is C11H13IN4O2S. The van der Waals surface area contributed by atoms with Crippen LogP contribution >= 0.6 is 22.6 Å². The zero-order valence-electron chi connectivity index (χ0n) is 10.1. The molecule has 0 fully saturated rings. The predicted molar refractivity (Wildman–Crippen MR) is 81.2 cm³/mol. The third-order valence-electron chi connectivity index (χ3n) is 2.54. The van der Waals surface area contributed by atoms with Gasteiger partial charge in [0.05, 0.1) is 17.1 Å². The van der Waals surface area contributed by atoms with Crippen molar-refractivity contribution in [3.63, 3.8) is 0 Å². The van der Waals surface area contributed by atoms with E-state index in [9.17, 15) is 8.42 Å². The third-order valence-corrected chi connectivity index (χ3v) is 5.05. The van der Waals surface area contributed by atoms with E-state index in [1.807, 2.05) is 12.1 Å². The molecule has 2 rings (SSSR count). The number of benzene rings is 1. The second kappa shape index (κ2) is 5.47. The second-order valence-corrected chi connectivity index (χ2v) is 6.70. The molecule has 0 saturated heterocycles. The van der Waals surface area contributed by atoms with Gasteiger partial charge in [-0.2, -0.15) is 5.10 Å². The number of rotatable bonds is 4. The van der Waals surface area contributed by atoms with Gasteiger partial charge in [0.1, 0.15) is 4.90 Å². The Labute approximate surface area is 125 Å². The normalized spacial score (nSPS) is 11.5. The summed E-state index contributed by atoms with van der Waals surface area (Å²) in [5.41, 5.74) is 6.84. The molecule has 102 valence electrons. The molecule has 0 unspecified atom stereocenters. The van der Waals surface area contributed by atoms with E-state index in [4.69, 9.17) is 5.73 Å². The number of H-pyrrole nitrogens is 1. The summed E-state index contributed by atoms with van der Waals surface area (Å²) >= 11 is 2.07. The van der Waals surface area contributed by atoms with E-state index in [0.29, 0.717) is 17.1 Å². The zero-order valence-corrected chi connectivity index (χ0v) is 13.1. The summed E-state index contributed by atoms with van der Waals surface area (Å²) in [5.74, 6) is 0. The van der Waals surface area contributed by atoms with Gasteiger partial charge in [-0.3, -0.25) is 9.82 Å². The third kappa shape index (κ3) is 2.90. The van der Waals surface area contributed by atoms with E-state index >= 15 is 0 Å². The highest BCUT2D eigenvalue weighted by atomic mass is 127. The summed E-state index contributed by atoms with van der Waals surface area (Å²) in [7, 11) is -3.69. The maximum absolute atomic E-state index is 12.4. The first-order chi connectivity index (χ1) is 8.95. The Bertz CT molecular complexity index is 696. The molecule has 8 heteroatoms. The molecule has 0 radical (unpaired) electrons. The van der Waals surface area contributed by atoms with Crippen molar-refractivity contribution in [3.8, 4) is 0 Å². The lowest BCUT2D eigenvalue weighted by Crippen LogP contribution is -2.17. The van der Waals surface area contributed by atoms with Crippen LogP contribution in [-0.4, -0.2) is 18.6 Å². The van der Waals surface area contributed by atoms with Crippen LogP contribution in [0.15, 0.2) is 29.2 Å². The highest BCUT2D eigenvalue weighted by Crippen LogP contribution is 2.24. The van der Waals surface area contributed by atoms with Crippen molar-refractivity contribution in [3.05, 3.63) is 39.2 Å². The number of nitrogens with zero attached hydrogens (tertiary/aromatic N) is 1. The van der Waals surface area contributed by atoms with Crippen LogP contribution in [0.25, 0.3) is 0 Å². The minimum Gasteiger partial charge on any atom is -0.325 e. The second-order valence-electron chi connectivity index (χ2n) is 3.91. The Morgan fingerprint density at radius 1 is 1.42 bits per heavy atom. The Morgan fingerprint density at radius 2 is 2.11 bits per heavy atom. The van der Waals surface area contributed by atoms with Gasteiger partial charge in [-0.1, -0.05) is 12.1 Å². The highest BCUT2D eigenvalue weighted by molar-refractivity contribution is 14.1. The monoisotopic (exact) mass is 392 g/mol. The lowest BCUT2D eigenvalue weighted by atomic mass is 10.3. The van der Waals surface area contributed by atoms with Gasteiger partial charge in [0.15, 0.2) is 0 Å². The number of anilines is 1. The lowest BCUT2D eigenvalue weighted by Gasteiger charge is -2.10. The minimum atomic E-state index is -3.69. The number of para-hydroxylation sites is 1. The van der Waals surface area contributed by atoms with E-state index in [1.54, 1.807) is 19.1 Å². The van der Waals surface area contributed by atoms with Crippen LogP contribution < -0.4 is 10.5 Å². The van der Waals surface area contributed by atoms with Crippen LogP contribution in [0.3, 0.4) is 0 Å². The van der Waals surface area contributed by atoms with E-state index in [1.165, 1.54) is 0 Å². The molecule has 1 heterocycles. The summed E-state index contributed by atoms with van der Waals surface area (Å²) < 4.78 is 28.1. The average Bonchev–Trinajstić information content (AvgIpc) is 2.74. The van der Waals surface area contributed by atoms with Crippen molar-refractivity contribution < 1.29 is 8.42 Å².